The van der Waals surface area contributed by atoms with E-state index >= 15 is 0 Å². The Bertz CT molecular complexity index is 416. The number of benzene rings is 1. The first-order valence-electron chi connectivity index (χ1n) is 6.34. The number of hydrogen-bond donors (Lipinski definition) is 1. The lowest BCUT2D eigenvalue weighted by Crippen LogP contribution is -2.13. The van der Waals surface area contributed by atoms with Crippen LogP contribution in [0.1, 0.15) is 50.3 Å². The zero-order valence-corrected chi connectivity index (χ0v) is 12.7. The average Bonchev–Trinajstić information content (AvgIpc) is 2.27. The second-order valence-electron chi connectivity index (χ2n) is 5.17. The summed E-state index contributed by atoms with van der Waals surface area (Å²) in [6.07, 6.45) is -1.68. The minimum Gasteiger partial charge on any atom is -0.324 e. The Morgan fingerprint density at radius 3 is 2.37 bits per heavy atom. The first-order valence-corrected chi connectivity index (χ1v) is 7.13. The van der Waals surface area contributed by atoms with E-state index in [9.17, 15) is 13.2 Å². The molecule has 0 heterocycles. The zero-order valence-electron chi connectivity index (χ0n) is 11.1. The molecule has 0 amide bonds. The Labute approximate surface area is 120 Å². The third kappa shape index (κ3) is 5.15. The van der Waals surface area contributed by atoms with E-state index in [0.29, 0.717) is 22.4 Å². The maximum Gasteiger partial charge on any atom is 0.416 e. The maximum atomic E-state index is 12.7. The van der Waals surface area contributed by atoms with Gasteiger partial charge in [-0.2, -0.15) is 13.2 Å². The van der Waals surface area contributed by atoms with Crippen LogP contribution in [0.25, 0.3) is 0 Å². The summed E-state index contributed by atoms with van der Waals surface area (Å²) in [5, 5.41) is 0. The topological polar surface area (TPSA) is 26.0 Å². The van der Waals surface area contributed by atoms with Crippen LogP contribution in [-0.4, -0.2) is 0 Å². The second kappa shape index (κ2) is 6.75. The van der Waals surface area contributed by atoms with Crippen molar-refractivity contribution < 1.29 is 13.2 Å². The van der Waals surface area contributed by atoms with E-state index in [0.717, 1.165) is 25.0 Å². The number of rotatable bonds is 5. The Morgan fingerprint density at radius 2 is 1.84 bits per heavy atom. The fourth-order valence-corrected chi connectivity index (χ4v) is 2.45. The predicted molar refractivity (Wildman–Crippen MR) is 74.8 cm³/mol. The lowest BCUT2D eigenvalue weighted by atomic mass is 9.97. The summed E-state index contributed by atoms with van der Waals surface area (Å²) in [6, 6.07) is 3.26. The maximum absolute atomic E-state index is 12.7. The van der Waals surface area contributed by atoms with Crippen LogP contribution in [-0.2, 0) is 6.18 Å². The smallest absolute Gasteiger partial charge is 0.324 e. The Hall–Kier alpha value is -0.550. The molecule has 19 heavy (non-hydrogen) atoms. The van der Waals surface area contributed by atoms with E-state index < -0.39 is 11.7 Å². The molecule has 0 aromatic heterocycles. The highest BCUT2D eigenvalue weighted by Crippen LogP contribution is 2.34. The van der Waals surface area contributed by atoms with Crippen molar-refractivity contribution in [3.63, 3.8) is 0 Å². The highest BCUT2D eigenvalue weighted by Gasteiger charge is 2.31. The van der Waals surface area contributed by atoms with Gasteiger partial charge in [-0.05, 0) is 36.1 Å². The predicted octanol–water partition coefficient (Wildman–Crippen LogP) is 5.29. The lowest BCUT2D eigenvalue weighted by Gasteiger charge is -2.17. The van der Waals surface area contributed by atoms with E-state index in [1.54, 1.807) is 0 Å². The molecule has 0 fully saturated rings. The molecule has 5 heteroatoms. The molecule has 0 aliphatic carbocycles. The lowest BCUT2D eigenvalue weighted by molar-refractivity contribution is -0.137. The molecule has 0 aliphatic heterocycles. The van der Waals surface area contributed by atoms with Crippen LogP contribution in [0.4, 0.5) is 13.2 Å². The number of halogens is 4. The summed E-state index contributed by atoms with van der Waals surface area (Å²) in [5.41, 5.74) is 5.88. The number of alkyl halides is 3. The van der Waals surface area contributed by atoms with Crippen molar-refractivity contribution in [2.24, 2.45) is 11.7 Å². The zero-order chi connectivity index (χ0) is 14.6. The van der Waals surface area contributed by atoms with Gasteiger partial charge in [-0.25, -0.2) is 0 Å². The number of hydrogen-bond acceptors (Lipinski definition) is 1. The molecule has 1 aromatic rings. The molecule has 2 N–H and O–H groups in total. The molecule has 0 aliphatic rings. The molecule has 1 nitrogen and oxygen atoms in total. The van der Waals surface area contributed by atoms with Crippen LogP contribution >= 0.6 is 15.9 Å². The summed E-state index contributed by atoms with van der Waals surface area (Å²) in [5.74, 6) is 0.581. The fraction of sp³-hybridized carbons (Fsp3) is 0.571. The van der Waals surface area contributed by atoms with Crippen molar-refractivity contribution in [1.29, 1.82) is 0 Å². The van der Waals surface area contributed by atoms with E-state index in [-0.39, 0.29) is 6.04 Å². The van der Waals surface area contributed by atoms with Gasteiger partial charge >= 0.3 is 6.18 Å². The highest BCUT2D eigenvalue weighted by atomic mass is 79.9. The van der Waals surface area contributed by atoms with Gasteiger partial charge in [0.15, 0.2) is 0 Å². The van der Waals surface area contributed by atoms with E-state index in [2.05, 4.69) is 29.8 Å². The van der Waals surface area contributed by atoms with Gasteiger partial charge in [0.2, 0.25) is 0 Å². The molecule has 1 atom stereocenters. The molecule has 1 unspecified atom stereocenters. The van der Waals surface area contributed by atoms with Crippen molar-refractivity contribution >= 4 is 15.9 Å². The quantitative estimate of drug-likeness (QED) is 0.775. The highest BCUT2D eigenvalue weighted by molar-refractivity contribution is 9.10. The van der Waals surface area contributed by atoms with Gasteiger partial charge in [0.25, 0.3) is 0 Å². The minimum atomic E-state index is -4.33. The van der Waals surface area contributed by atoms with Gasteiger partial charge in [0, 0.05) is 10.5 Å². The van der Waals surface area contributed by atoms with E-state index in [1.165, 1.54) is 6.07 Å². The molecule has 1 rings (SSSR count). The van der Waals surface area contributed by atoms with Crippen molar-refractivity contribution in [2.75, 3.05) is 0 Å². The van der Waals surface area contributed by atoms with Crippen molar-refractivity contribution in [3.8, 4) is 0 Å². The van der Waals surface area contributed by atoms with Gasteiger partial charge < -0.3 is 5.73 Å². The van der Waals surface area contributed by atoms with Crippen LogP contribution in [0.3, 0.4) is 0 Å². The molecular weight excluding hydrogens is 319 g/mol. The van der Waals surface area contributed by atoms with Crippen molar-refractivity contribution in [1.82, 2.24) is 0 Å². The van der Waals surface area contributed by atoms with Gasteiger partial charge in [-0.1, -0.05) is 42.6 Å². The second-order valence-corrected chi connectivity index (χ2v) is 6.02. The standard InChI is InChI=1S/C14H19BrF3N/c1-9(2)4-3-5-13(19)11-8-10(14(16,17)18)6-7-12(11)15/h6-9,13H,3-5,19H2,1-2H3. The molecule has 0 bridgehead atoms. The average molecular weight is 338 g/mol. The van der Waals surface area contributed by atoms with Crippen LogP contribution in [0, 0.1) is 5.92 Å². The Balaban J connectivity index is 2.81. The molecule has 0 radical (unpaired) electrons. The van der Waals surface area contributed by atoms with E-state index in [4.69, 9.17) is 5.73 Å². The van der Waals surface area contributed by atoms with Gasteiger partial charge in [0.1, 0.15) is 0 Å². The fourth-order valence-electron chi connectivity index (χ4n) is 1.91. The van der Waals surface area contributed by atoms with E-state index in [1.807, 2.05) is 0 Å². The first kappa shape index (κ1) is 16.5. The van der Waals surface area contributed by atoms with Crippen LogP contribution < -0.4 is 5.73 Å². The van der Waals surface area contributed by atoms with Crippen molar-refractivity contribution in [2.45, 2.75) is 45.3 Å². The van der Waals surface area contributed by atoms with Crippen molar-refractivity contribution in [3.05, 3.63) is 33.8 Å². The molecular formula is C14H19BrF3N. The summed E-state index contributed by atoms with van der Waals surface area (Å²) in [4.78, 5) is 0. The molecule has 1 aromatic carbocycles. The van der Waals surface area contributed by atoms with Gasteiger partial charge in [-0.15, -0.1) is 0 Å². The molecule has 0 saturated carbocycles. The van der Waals surface area contributed by atoms with Gasteiger partial charge in [0.05, 0.1) is 5.56 Å². The molecule has 0 spiro atoms. The number of nitrogens with two attached hydrogens (primary N) is 1. The van der Waals surface area contributed by atoms with Crippen LogP contribution in [0.5, 0.6) is 0 Å². The van der Waals surface area contributed by atoms with Crippen LogP contribution in [0.2, 0.25) is 0 Å². The summed E-state index contributed by atoms with van der Waals surface area (Å²) >= 11 is 3.27. The summed E-state index contributed by atoms with van der Waals surface area (Å²) < 4.78 is 38.6. The first-order chi connectivity index (χ1) is 8.71. The van der Waals surface area contributed by atoms with Crippen LogP contribution in [0.15, 0.2) is 22.7 Å². The minimum absolute atomic E-state index is 0.365. The summed E-state index contributed by atoms with van der Waals surface area (Å²) in [6.45, 7) is 4.23. The monoisotopic (exact) mass is 337 g/mol. The largest absolute Gasteiger partial charge is 0.416 e. The third-order valence-corrected chi connectivity index (χ3v) is 3.74. The Morgan fingerprint density at radius 1 is 1.21 bits per heavy atom. The molecule has 0 saturated heterocycles. The third-order valence-electron chi connectivity index (χ3n) is 3.02. The SMILES string of the molecule is CC(C)CCCC(N)c1cc(C(F)(F)F)ccc1Br. The summed E-state index contributed by atoms with van der Waals surface area (Å²) in [7, 11) is 0. The normalized spacial score (nSPS) is 13.9. The Kier molecular flexibility index (Phi) is 5.86. The van der Waals surface area contributed by atoms with Gasteiger partial charge in [-0.3, -0.25) is 0 Å². The molecule has 108 valence electrons.